The zero-order valence-electron chi connectivity index (χ0n) is 8.77. The van der Waals surface area contributed by atoms with Gasteiger partial charge in [-0.1, -0.05) is 11.6 Å². The smallest absolute Gasteiger partial charge is 0.258 e. The number of nitro benzene ring substituents is 1. The molecule has 0 saturated heterocycles. The van der Waals surface area contributed by atoms with E-state index in [4.69, 9.17) is 16.9 Å². The topological polar surface area (TPSA) is 79.8 Å². The average Bonchev–Trinajstić information content (AvgIpc) is 2.29. The van der Waals surface area contributed by atoms with E-state index in [2.05, 4.69) is 4.98 Å². The first-order valence-electron chi connectivity index (χ1n) is 4.68. The van der Waals surface area contributed by atoms with Crippen LogP contribution in [0.1, 0.15) is 11.1 Å². The van der Waals surface area contributed by atoms with Gasteiger partial charge >= 0.3 is 0 Å². The summed E-state index contributed by atoms with van der Waals surface area (Å²) in [6.45, 7) is 1.59. The molecule has 0 bridgehead atoms. The quantitative estimate of drug-likeness (QED) is 0.573. The van der Waals surface area contributed by atoms with Gasteiger partial charge in [-0.05, 0) is 13.0 Å². The summed E-state index contributed by atoms with van der Waals surface area (Å²) in [5, 5.41) is 20.3. The predicted octanol–water partition coefficient (Wildman–Crippen LogP) is 2.98. The van der Waals surface area contributed by atoms with E-state index in [1.165, 1.54) is 18.3 Å². The van der Waals surface area contributed by atoms with Gasteiger partial charge in [0.25, 0.3) is 5.69 Å². The highest BCUT2D eigenvalue weighted by atomic mass is 35.5. The van der Waals surface area contributed by atoms with Crippen molar-refractivity contribution in [1.29, 1.82) is 5.26 Å². The van der Waals surface area contributed by atoms with Crippen LogP contribution in [0.4, 0.5) is 5.69 Å². The molecule has 0 aliphatic carbocycles. The summed E-state index contributed by atoms with van der Waals surface area (Å²) in [6, 6.07) is 4.80. The van der Waals surface area contributed by atoms with Crippen molar-refractivity contribution in [1.82, 2.24) is 4.98 Å². The Kier molecular flexibility index (Phi) is 2.66. The lowest BCUT2D eigenvalue weighted by atomic mass is 10.1. The lowest BCUT2D eigenvalue weighted by molar-refractivity contribution is -0.385. The van der Waals surface area contributed by atoms with E-state index in [1.54, 1.807) is 6.92 Å². The first-order valence-corrected chi connectivity index (χ1v) is 5.06. The predicted molar refractivity (Wildman–Crippen MR) is 62.9 cm³/mol. The summed E-state index contributed by atoms with van der Waals surface area (Å²) in [4.78, 5) is 14.4. The molecule has 17 heavy (non-hydrogen) atoms. The molecule has 0 unspecified atom stereocenters. The number of aromatic nitrogens is 1. The molecule has 1 aromatic carbocycles. The van der Waals surface area contributed by atoms with Gasteiger partial charge in [-0.15, -0.1) is 0 Å². The number of fused-ring (bicyclic) bond motifs is 1. The van der Waals surface area contributed by atoms with Gasteiger partial charge in [-0.25, -0.2) is 0 Å². The summed E-state index contributed by atoms with van der Waals surface area (Å²) in [5.41, 5.74) is 1.14. The van der Waals surface area contributed by atoms with Crippen LogP contribution in [-0.2, 0) is 0 Å². The SMILES string of the molecule is Cc1c([N+](=O)[O-])ccc2ncc(C#N)c(Cl)c12. The third kappa shape index (κ3) is 1.69. The summed E-state index contributed by atoms with van der Waals surface area (Å²) < 4.78 is 0. The van der Waals surface area contributed by atoms with E-state index >= 15 is 0 Å². The lowest BCUT2D eigenvalue weighted by Gasteiger charge is -2.05. The Balaban J connectivity index is 2.93. The number of nitriles is 1. The number of nitrogens with zero attached hydrogens (tertiary/aromatic N) is 3. The van der Waals surface area contributed by atoms with E-state index in [0.717, 1.165) is 0 Å². The van der Waals surface area contributed by atoms with Gasteiger partial charge in [0.05, 0.1) is 21.0 Å². The van der Waals surface area contributed by atoms with Gasteiger partial charge < -0.3 is 0 Å². The van der Waals surface area contributed by atoms with E-state index in [9.17, 15) is 10.1 Å². The first-order chi connectivity index (χ1) is 8.06. The molecular formula is C11H6ClN3O2. The fourth-order valence-electron chi connectivity index (χ4n) is 1.67. The van der Waals surface area contributed by atoms with Gasteiger partial charge in [-0.2, -0.15) is 5.26 Å². The summed E-state index contributed by atoms with van der Waals surface area (Å²) in [5.74, 6) is 0. The molecule has 2 rings (SSSR count). The molecule has 0 saturated carbocycles. The zero-order valence-corrected chi connectivity index (χ0v) is 9.52. The molecule has 5 nitrogen and oxygen atoms in total. The molecule has 6 heteroatoms. The highest BCUT2D eigenvalue weighted by Gasteiger charge is 2.17. The highest BCUT2D eigenvalue weighted by Crippen LogP contribution is 2.32. The Morgan fingerprint density at radius 3 is 2.82 bits per heavy atom. The van der Waals surface area contributed by atoms with Crippen LogP contribution < -0.4 is 0 Å². The molecule has 84 valence electrons. The van der Waals surface area contributed by atoms with Crippen LogP contribution in [0.3, 0.4) is 0 Å². The van der Waals surface area contributed by atoms with Gasteiger partial charge in [0, 0.05) is 23.2 Å². The maximum Gasteiger partial charge on any atom is 0.273 e. The molecule has 0 aliphatic heterocycles. The molecule has 0 N–H and O–H groups in total. The van der Waals surface area contributed by atoms with Gasteiger partial charge in [0.2, 0.25) is 0 Å². The molecule has 0 fully saturated rings. The molecule has 0 spiro atoms. The third-order valence-electron chi connectivity index (χ3n) is 2.52. The summed E-state index contributed by atoms with van der Waals surface area (Å²) in [6.07, 6.45) is 1.36. The Labute approximate surface area is 101 Å². The van der Waals surface area contributed by atoms with Crippen molar-refractivity contribution in [3.63, 3.8) is 0 Å². The number of nitro groups is 1. The minimum absolute atomic E-state index is 0.0312. The second-order valence-corrected chi connectivity index (χ2v) is 3.84. The third-order valence-corrected chi connectivity index (χ3v) is 2.91. The number of benzene rings is 1. The number of aryl methyl sites for hydroxylation is 1. The van der Waals surface area contributed by atoms with Gasteiger partial charge in [0.15, 0.2) is 0 Å². The minimum Gasteiger partial charge on any atom is -0.258 e. The van der Waals surface area contributed by atoms with Crippen LogP contribution in [0, 0.1) is 28.4 Å². The zero-order chi connectivity index (χ0) is 12.6. The van der Waals surface area contributed by atoms with Crippen LogP contribution in [0.25, 0.3) is 10.9 Å². The second kappa shape index (κ2) is 4.00. The molecule has 1 aromatic heterocycles. The number of hydrogen-bond acceptors (Lipinski definition) is 4. The number of halogens is 1. The molecule has 0 amide bonds. The van der Waals surface area contributed by atoms with Crippen LogP contribution in [0.15, 0.2) is 18.3 Å². The Morgan fingerprint density at radius 2 is 2.24 bits per heavy atom. The van der Waals surface area contributed by atoms with Crippen LogP contribution in [0.2, 0.25) is 5.02 Å². The number of rotatable bonds is 1. The van der Waals surface area contributed by atoms with Crippen molar-refractivity contribution in [2.75, 3.05) is 0 Å². The fourth-order valence-corrected chi connectivity index (χ4v) is 2.00. The summed E-state index contributed by atoms with van der Waals surface area (Å²) >= 11 is 6.04. The maximum atomic E-state index is 10.8. The molecule has 0 radical (unpaired) electrons. The monoisotopic (exact) mass is 247 g/mol. The van der Waals surface area contributed by atoms with Crippen molar-refractivity contribution in [2.45, 2.75) is 6.92 Å². The van der Waals surface area contributed by atoms with Crippen molar-refractivity contribution in [3.8, 4) is 6.07 Å². The van der Waals surface area contributed by atoms with E-state index in [0.29, 0.717) is 16.5 Å². The molecule has 2 aromatic rings. The molecular weight excluding hydrogens is 242 g/mol. The standard InChI is InChI=1S/C11H6ClN3O2/c1-6-9(15(16)17)3-2-8-10(6)11(12)7(4-13)5-14-8/h2-3,5H,1H3. The average molecular weight is 248 g/mol. The maximum absolute atomic E-state index is 10.8. The van der Waals surface area contributed by atoms with E-state index in [1.807, 2.05) is 6.07 Å². The molecule has 0 atom stereocenters. The second-order valence-electron chi connectivity index (χ2n) is 3.46. The normalized spacial score (nSPS) is 10.2. The van der Waals surface area contributed by atoms with Crippen molar-refractivity contribution < 1.29 is 4.92 Å². The number of pyridine rings is 1. The molecule has 0 aliphatic rings. The van der Waals surface area contributed by atoms with Crippen molar-refractivity contribution >= 4 is 28.2 Å². The number of hydrogen-bond donors (Lipinski definition) is 0. The van der Waals surface area contributed by atoms with E-state index < -0.39 is 4.92 Å². The fraction of sp³-hybridized carbons (Fsp3) is 0.0909. The van der Waals surface area contributed by atoms with Crippen molar-refractivity contribution in [3.05, 3.63) is 44.6 Å². The van der Waals surface area contributed by atoms with Crippen LogP contribution in [0.5, 0.6) is 0 Å². The Hall–Kier alpha value is -2.19. The Bertz CT molecular complexity index is 676. The highest BCUT2D eigenvalue weighted by molar-refractivity contribution is 6.36. The lowest BCUT2D eigenvalue weighted by Crippen LogP contribution is -1.95. The van der Waals surface area contributed by atoms with E-state index in [-0.39, 0.29) is 16.3 Å². The van der Waals surface area contributed by atoms with Crippen LogP contribution in [-0.4, -0.2) is 9.91 Å². The van der Waals surface area contributed by atoms with Crippen LogP contribution >= 0.6 is 11.6 Å². The van der Waals surface area contributed by atoms with Crippen molar-refractivity contribution in [2.24, 2.45) is 0 Å². The minimum atomic E-state index is -0.482. The molecule has 1 heterocycles. The summed E-state index contributed by atoms with van der Waals surface area (Å²) in [7, 11) is 0. The van der Waals surface area contributed by atoms with Gasteiger partial charge in [-0.3, -0.25) is 15.1 Å². The first kappa shape index (κ1) is 11.3. The Morgan fingerprint density at radius 1 is 1.53 bits per heavy atom. The largest absolute Gasteiger partial charge is 0.273 e. The van der Waals surface area contributed by atoms with Gasteiger partial charge in [0.1, 0.15) is 6.07 Å².